The number of ether oxygens (including phenoxy) is 1. The van der Waals surface area contributed by atoms with Gasteiger partial charge in [0.15, 0.2) is 0 Å². The zero-order chi connectivity index (χ0) is 44.1. The highest BCUT2D eigenvalue weighted by Gasteiger charge is 2.50. The van der Waals surface area contributed by atoms with Crippen LogP contribution in [-0.2, 0) is 5.41 Å². The van der Waals surface area contributed by atoms with Crippen LogP contribution in [0.25, 0.3) is 77.5 Å². The van der Waals surface area contributed by atoms with Crippen molar-refractivity contribution in [3.8, 4) is 78.3 Å². The van der Waals surface area contributed by atoms with Crippen LogP contribution in [0.1, 0.15) is 22.3 Å². The Kier molecular flexibility index (Phi) is 8.23. The molecule has 1 unspecified atom stereocenters. The van der Waals surface area contributed by atoms with Crippen molar-refractivity contribution in [2.24, 2.45) is 0 Å². The van der Waals surface area contributed by atoms with Gasteiger partial charge in [-0.15, -0.1) is 0 Å². The molecule has 1 atom stereocenters. The van der Waals surface area contributed by atoms with Crippen LogP contribution in [0.3, 0.4) is 0 Å². The molecule has 0 saturated heterocycles. The molecular formula is C65H41NO. The fraction of sp³-hybridized carbons (Fsp3) is 0.0154. The van der Waals surface area contributed by atoms with E-state index in [2.05, 4.69) is 248 Å². The zero-order valence-electron chi connectivity index (χ0n) is 36.5. The van der Waals surface area contributed by atoms with Crippen molar-refractivity contribution in [3.05, 3.63) is 271 Å². The fourth-order valence-electron chi connectivity index (χ4n) is 11.6. The monoisotopic (exact) mass is 851 g/mol. The van der Waals surface area contributed by atoms with Crippen LogP contribution < -0.4 is 9.64 Å². The molecule has 2 aliphatic carbocycles. The number of hydrogen-bond acceptors (Lipinski definition) is 2. The van der Waals surface area contributed by atoms with Crippen molar-refractivity contribution in [1.29, 1.82) is 0 Å². The first-order valence-corrected chi connectivity index (χ1v) is 23.2. The van der Waals surface area contributed by atoms with Crippen molar-refractivity contribution < 1.29 is 4.74 Å². The van der Waals surface area contributed by atoms with Crippen LogP contribution in [0.2, 0.25) is 0 Å². The summed E-state index contributed by atoms with van der Waals surface area (Å²) in [6.07, 6.45) is 0. The van der Waals surface area contributed by atoms with Crippen LogP contribution in [-0.4, -0.2) is 0 Å². The van der Waals surface area contributed by atoms with Crippen molar-refractivity contribution in [3.63, 3.8) is 0 Å². The van der Waals surface area contributed by atoms with Crippen LogP contribution >= 0.6 is 0 Å². The van der Waals surface area contributed by atoms with Crippen LogP contribution in [0.15, 0.2) is 249 Å². The summed E-state index contributed by atoms with van der Waals surface area (Å²) in [4.78, 5) is 2.44. The molecule has 1 spiro atoms. The average Bonchev–Trinajstić information content (AvgIpc) is 3.52. The number of hydrogen-bond donors (Lipinski definition) is 0. The molecule has 67 heavy (non-hydrogen) atoms. The molecule has 1 aliphatic heterocycles. The molecule has 11 aromatic rings. The minimum Gasteiger partial charge on any atom is -0.456 e. The molecule has 0 bridgehead atoms. The Bertz CT molecular complexity index is 3790. The molecule has 0 aromatic heterocycles. The second-order valence-electron chi connectivity index (χ2n) is 17.9. The first-order chi connectivity index (χ1) is 33.2. The maximum atomic E-state index is 6.79. The second kappa shape index (κ2) is 14.7. The van der Waals surface area contributed by atoms with Gasteiger partial charge in [0.25, 0.3) is 0 Å². The van der Waals surface area contributed by atoms with Gasteiger partial charge in [-0.1, -0.05) is 188 Å². The van der Waals surface area contributed by atoms with Crippen LogP contribution in [0.5, 0.6) is 11.5 Å². The van der Waals surface area contributed by atoms with E-state index < -0.39 is 5.41 Å². The minimum absolute atomic E-state index is 0.647. The highest BCUT2D eigenvalue weighted by Crippen LogP contribution is 2.62. The van der Waals surface area contributed by atoms with E-state index in [1.807, 2.05) is 6.07 Å². The van der Waals surface area contributed by atoms with Gasteiger partial charge in [0, 0.05) is 28.2 Å². The number of anilines is 3. The Morgan fingerprint density at radius 1 is 0.254 bits per heavy atom. The van der Waals surface area contributed by atoms with E-state index in [9.17, 15) is 0 Å². The van der Waals surface area contributed by atoms with E-state index in [1.165, 1.54) is 77.5 Å². The molecule has 14 rings (SSSR count). The van der Waals surface area contributed by atoms with E-state index in [1.54, 1.807) is 0 Å². The SMILES string of the molecule is c1ccc(-c2ccc(N(c3ccc4c(c3)-c3ccccc3-c3ccccc3O4)c3ccc4c(c3)C3(c5ccccc5-c5ccccc5-4)c4ccccc4-c4cc5ccccc5cc43)cc2)cc1. The van der Waals surface area contributed by atoms with Gasteiger partial charge in [0.2, 0.25) is 0 Å². The van der Waals surface area contributed by atoms with E-state index in [4.69, 9.17) is 4.74 Å². The smallest absolute Gasteiger partial charge is 0.135 e. The lowest BCUT2D eigenvalue weighted by Gasteiger charge is -2.36. The summed E-state index contributed by atoms with van der Waals surface area (Å²) in [6.45, 7) is 0. The largest absolute Gasteiger partial charge is 0.456 e. The topological polar surface area (TPSA) is 12.5 Å². The third-order valence-electron chi connectivity index (χ3n) is 14.5. The molecule has 312 valence electrons. The average molecular weight is 852 g/mol. The molecular weight excluding hydrogens is 811 g/mol. The number of benzene rings is 11. The van der Waals surface area contributed by atoms with Gasteiger partial charge in [0.1, 0.15) is 11.5 Å². The molecule has 3 aliphatic rings. The quantitative estimate of drug-likeness (QED) is 0.175. The third kappa shape index (κ3) is 5.57. The maximum absolute atomic E-state index is 6.79. The van der Waals surface area contributed by atoms with E-state index in [0.29, 0.717) is 0 Å². The maximum Gasteiger partial charge on any atom is 0.135 e. The minimum atomic E-state index is -0.647. The molecule has 11 aromatic carbocycles. The van der Waals surface area contributed by atoms with Gasteiger partial charge in [-0.2, -0.15) is 0 Å². The van der Waals surface area contributed by atoms with Crippen LogP contribution in [0, 0.1) is 0 Å². The summed E-state index contributed by atoms with van der Waals surface area (Å²) >= 11 is 0. The molecule has 2 nitrogen and oxygen atoms in total. The first-order valence-electron chi connectivity index (χ1n) is 23.2. The number of nitrogens with zero attached hydrogens (tertiary/aromatic N) is 1. The van der Waals surface area contributed by atoms with Crippen molar-refractivity contribution in [1.82, 2.24) is 0 Å². The lowest BCUT2D eigenvalue weighted by molar-refractivity contribution is 0.488. The Morgan fingerprint density at radius 3 is 1.40 bits per heavy atom. The van der Waals surface area contributed by atoms with Gasteiger partial charge < -0.3 is 9.64 Å². The lowest BCUT2D eigenvalue weighted by atomic mass is 9.65. The zero-order valence-corrected chi connectivity index (χ0v) is 36.5. The predicted molar refractivity (Wildman–Crippen MR) is 277 cm³/mol. The molecule has 0 fully saturated rings. The molecule has 2 heteroatoms. The Labute approximate surface area is 390 Å². The molecule has 1 heterocycles. The third-order valence-corrected chi connectivity index (χ3v) is 14.5. The van der Waals surface area contributed by atoms with E-state index >= 15 is 0 Å². The van der Waals surface area contributed by atoms with Gasteiger partial charge in [-0.25, -0.2) is 0 Å². The van der Waals surface area contributed by atoms with Crippen molar-refractivity contribution in [2.75, 3.05) is 4.90 Å². The lowest BCUT2D eigenvalue weighted by Crippen LogP contribution is -2.29. The van der Waals surface area contributed by atoms with Gasteiger partial charge in [0.05, 0.1) is 5.41 Å². The standard InChI is InChI=1S/C65H41NO/c1-2-16-42(17-3-1)43-30-32-46(33-31-43)66(47-35-37-64-58(40-47)52-23-9-8-22-51(52)56-26-12-15-29-63(56)67-64)48-34-36-55-50-21-7-6-20-49(50)53-24-10-13-27-59(53)65(62(55)41-48)60-28-14-11-25-54(60)57-38-44-18-4-5-19-45(44)39-61(57)65/h1-41H. The number of para-hydroxylation sites is 1. The molecule has 0 saturated carbocycles. The van der Waals surface area contributed by atoms with E-state index in [0.717, 1.165) is 50.8 Å². The Balaban J connectivity index is 1.06. The summed E-state index contributed by atoms with van der Waals surface area (Å²) in [7, 11) is 0. The van der Waals surface area contributed by atoms with Gasteiger partial charge >= 0.3 is 0 Å². The first kappa shape index (κ1) is 37.6. The van der Waals surface area contributed by atoms with Crippen LogP contribution in [0.4, 0.5) is 17.1 Å². The molecule has 0 radical (unpaired) electrons. The summed E-state index contributed by atoms with van der Waals surface area (Å²) in [5.74, 6) is 1.69. The predicted octanol–water partition coefficient (Wildman–Crippen LogP) is 17.4. The summed E-state index contributed by atoms with van der Waals surface area (Å²) in [5, 5.41) is 2.48. The Morgan fingerprint density at radius 2 is 0.701 bits per heavy atom. The number of fused-ring (bicyclic) bond motifs is 18. The molecule has 0 amide bonds. The highest BCUT2D eigenvalue weighted by atomic mass is 16.5. The highest BCUT2D eigenvalue weighted by molar-refractivity contribution is 6.02. The Hall–Kier alpha value is -8.72. The number of rotatable bonds is 4. The summed E-state index contributed by atoms with van der Waals surface area (Å²) in [6, 6.07) is 91.7. The normalized spacial score (nSPS) is 14.4. The van der Waals surface area contributed by atoms with E-state index in [-0.39, 0.29) is 0 Å². The van der Waals surface area contributed by atoms with Crippen molar-refractivity contribution >= 4 is 27.8 Å². The van der Waals surface area contributed by atoms with Gasteiger partial charge in [-0.05, 0) is 149 Å². The van der Waals surface area contributed by atoms with Gasteiger partial charge in [-0.3, -0.25) is 0 Å². The summed E-state index contributed by atoms with van der Waals surface area (Å²) < 4.78 is 6.79. The van der Waals surface area contributed by atoms with Crippen molar-refractivity contribution in [2.45, 2.75) is 5.41 Å². The summed E-state index contributed by atoms with van der Waals surface area (Å²) in [5.41, 5.74) is 22.0. The molecule has 0 N–H and O–H groups in total. The fourth-order valence-corrected chi connectivity index (χ4v) is 11.6. The second-order valence-corrected chi connectivity index (χ2v) is 17.9.